The second-order valence-corrected chi connectivity index (χ2v) is 13.5. The molecule has 3 rings (SSSR count). The molecule has 1 aromatic heterocycles. The van der Waals surface area contributed by atoms with Crippen LogP contribution in [0.3, 0.4) is 0 Å². The minimum absolute atomic E-state index is 0.00116. The van der Waals surface area contributed by atoms with E-state index in [1.807, 2.05) is 0 Å². The molecule has 0 radical (unpaired) electrons. The molecular weight excluding hydrogens is 516 g/mol. The van der Waals surface area contributed by atoms with Gasteiger partial charge in [-0.15, -0.1) is 0 Å². The summed E-state index contributed by atoms with van der Waals surface area (Å²) in [6, 6.07) is 14.9. The molecule has 2 amide bonds. The summed E-state index contributed by atoms with van der Waals surface area (Å²) in [6.45, 7) is 21.6. The number of nitrogens with zero attached hydrogens (tertiary/aromatic N) is 1. The summed E-state index contributed by atoms with van der Waals surface area (Å²) in [5.74, 6) is 0. The summed E-state index contributed by atoms with van der Waals surface area (Å²) >= 11 is 0. The minimum Gasteiger partial charge on any atom is -0.444 e. The molecule has 3 aromatic rings. The number of nitrogens with one attached hydrogen (secondary N) is 3. The molecule has 1 heterocycles. The Morgan fingerprint density at radius 2 is 1.37 bits per heavy atom. The van der Waals surface area contributed by atoms with Gasteiger partial charge in [-0.2, -0.15) is 0 Å². The summed E-state index contributed by atoms with van der Waals surface area (Å²) in [5, 5.41) is 10.7. The molecule has 0 atom stereocenters. The number of aryl methyl sites for hydroxylation is 2. The van der Waals surface area contributed by atoms with E-state index in [-0.39, 0.29) is 12.0 Å². The fourth-order valence-electron chi connectivity index (χ4n) is 4.21. The number of hydrogen-bond acceptors (Lipinski definition) is 6. The first kappa shape index (κ1) is 31.9. The van der Waals surface area contributed by atoms with Crippen molar-refractivity contribution in [3.63, 3.8) is 0 Å². The van der Waals surface area contributed by atoms with Gasteiger partial charge in [0.2, 0.25) is 0 Å². The predicted octanol–water partition coefficient (Wildman–Crippen LogP) is 7.24. The maximum absolute atomic E-state index is 12.6. The van der Waals surface area contributed by atoms with Gasteiger partial charge in [-0.25, -0.2) is 9.59 Å². The van der Waals surface area contributed by atoms with Gasteiger partial charge < -0.3 is 9.47 Å². The standard InChI is InChI=1S/C33H46N4O4/c1-20-15-23-18-26(22-13-12-14-24(17-22)31(3,4)5)35-27(25(23)16-21(20)2)19-34-28(36-29(38)40-32(6,7)8)37-30(39)41-33(9,10)11/h12-18,28,34H,19H2,1-11H3,(H,36,38)(H,37,39). The van der Waals surface area contributed by atoms with Gasteiger partial charge in [-0.05, 0) is 101 Å². The van der Waals surface area contributed by atoms with E-state index in [2.05, 4.69) is 93.0 Å². The molecule has 0 bridgehead atoms. The quantitative estimate of drug-likeness (QED) is 0.274. The van der Waals surface area contributed by atoms with E-state index >= 15 is 0 Å². The van der Waals surface area contributed by atoms with E-state index in [4.69, 9.17) is 14.5 Å². The number of carbonyl (C=O) groups excluding carboxylic acids is 2. The molecule has 0 spiro atoms. The molecule has 0 fully saturated rings. The van der Waals surface area contributed by atoms with E-state index < -0.39 is 29.7 Å². The lowest BCUT2D eigenvalue weighted by Gasteiger charge is -2.26. The number of hydrogen-bond donors (Lipinski definition) is 3. The Hall–Kier alpha value is -3.65. The SMILES string of the molecule is Cc1cc2cc(-c3cccc(C(C)(C)C)c3)nc(CNC(NC(=O)OC(C)(C)C)NC(=O)OC(C)(C)C)c2cc1C. The minimum atomic E-state index is -0.976. The summed E-state index contributed by atoms with van der Waals surface area (Å²) in [7, 11) is 0. The maximum Gasteiger partial charge on any atom is 0.410 e. The molecule has 2 aromatic carbocycles. The average Bonchev–Trinajstić information content (AvgIpc) is 2.80. The third-order valence-electron chi connectivity index (χ3n) is 6.34. The van der Waals surface area contributed by atoms with Crippen molar-refractivity contribution >= 4 is 23.0 Å². The summed E-state index contributed by atoms with van der Waals surface area (Å²) in [5.41, 5.74) is 4.80. The fourth-order valence-corrected chi connectivity index (χ4v) is 4.21. The normalized spacial score (nSPS) is 12.4. The van der Waals surface area contributed by atoms with Crippen molar-refractivity contribution in [1.29, 1.82) is 0 Å². The Bertz CT molecular complexity index is 1380. The van der Waals surface area contributed by atoms with E-state index in [9.17, 15) is 9.59 Å². The van der Waals surface area contributed by atoms with Crippen molar-refractivity contribution in [3.8, 4) is 11.3 Å². The first-order valence-electron chi connectivity index (χ1n) is 14.0. The summed E-state index contributed by atoms with van der Waals surface area (Å²) in [4.78, 5) is 30.3. The molecule has 41 heavy (non-hydrogen) atoms. The van der Waals surface area contributed by atoms with Crippen LogP contribution in [0.2, 0.25) is 0 Å². The smallest absolute Gasteiger partial charge is 0.410 e. The number of amides is 2. The van der Waals surface area contributed by atoms with Gasteiger partial charge in [0.15, 0.2) is 6.29 Å². The Morgan fingerprint density at radius 1 is 0.805 bits per heavy atom. The van der Waals surface area contributed by atoms with Crippen LogP contribution in [0.15, 0.2) is 42.5 Å². The first-order chi connectivity index (χ1) is 18.8. The van der Waals surface area contributed by atoms with Gasteiger partial charge in [0, 0.05) is 17.5 Å². The second-order valence-electron chi connectivity index (χ2n) is 13.5. The number of fused-ring (bicyclic) bond motifs is 1. The van der Waals surface area contributed by atoms with Gasteiger partial charge >= 0.3 is 12.2 Å². The zero-order chi connectivity index (χ0) is 30.8. The van der Waals surface area contributed by atoms with Crippen LogP contribution in [0.25, 0.3) is 22.0 Å². The van der Waals surface area contributed by atoms with Crippen molar-refractivity contribution in [2.45, 2.75) is 106 Å². The molecular formula is C33H46N4O4. The Morgan fingerprint density at radius 3 is 1.90 bits per heavy atom. The van der Waals surface area contributed by atoms with Crippen molar-refractivity contribution in [3.05, 3.63) is 64.8 Å². The van der Waals surface area contributed by atoms with Crippen LogP contribution in [0, 0.1) is 13.8 Å². The Labute approximate surface area is 244 Å². The largest absolute Gasteiger partial charge is 0.444 e. The highest BCUT2D eigenvalue weighted by atomic mass is 16.6. The van der Waals surface area contributed by atoms with Gasteiger partial charge in [0.25, 0.3) is 0 Å². The number of pyridine rings is 1. The third kappa shape index (κ3) is 9.46. The van der Waals surface area contributed by atoms with Gasteiger partial charge in [0.05, 0.1) is 11.4 Å². The molecule has 0 unspecified atom stereocenters. The highest BCUT2D eigenvalue weighted by molar-refractivity contribution is 5.89. The first-order valence-corrected chi connectivity index (χ1v) is 14.0. The lowest BCUT2D eigenvalue weighted by Crippen LogP contribution is -2.57. The van der Waals surface area contributed by atoms with Crippen LogP contribution in [0.5, 0.6) is 0 Å². The van der Waals surface area contributed by atoms with Crippen LogP contribution in [-0.2, 0) is 21.4 Å². The van der Waals surface area contributed by atoms with Crippen molar-refractivity contribution in [1.82, 2.24) is 20.9 Å². The highest BCUT2D eigenvalue weighted by Gasteiger charge is 2.24. The zero-order valence-electron chi connectivity index (χ0n) is 26.4. The van der Waals surface area contributed by atoms with Crippen LogP contribution in [0.1, 0.15) is 84.7 Å². The van der Waals surface area contributed by atoms with Crippen LogP contribution < -0.4 is 16.0 Å². The van der Waals surface area contributed by atoms with E-state index in [1.165, 1.54) is 11.1 Å². The van der Waals surface area contributed by atoms with E-state index in [0.29, 0.717) is 0 Å². The van der Waals surface area contributed by atoms with Crippen LogP contribution >= 0.6 is 0 Å². The Balaban J connectivity index is 1.99. The van der Waals surface area contributed by atoms with Gasteiger partial charge in [0.1, 0.15) is 11.2 Å². The monoisotopic (exact) mass is 562 g/mol. The van der Waals surface area contributed by atoms with Crippen LogP contribution in [-0.4, -0.2) is 34.7 Å². The predicted molar refractivity (Wildman–Crippen MR) is 165 cm³/mol. The van der Waals surface area contributed by atoms with Crippen molar-refractivity contribution < 1.29 is 19.1 Å². The number of benzene rings is 2. The summed E-state index contributed by atoms with van der Waals surface area (Å²) in [6.07, 6.45) is -2.33. The van der Waals surface area contributed by atoms with Gasteiger partial charge in [-0.1, -0.05) is 45.0 Å². The molecule has 0 saturated carbocycles. The summed E-state index contributed by atoms with van der Waals surface area (Å²) < 4.78 is 10.8. The second kappa shape index (κ2) is 12.1. The lowest BCUT2D eigenvalue weighted by molar-refractivity contribution is 0.0405. The molecule has 8 heteroatoms. The molecule has 0 aliphatic heterocycles. The molecule has 0 saturated heterocycles. The highest BCUT2D eigenvalue weighted by Crippen LogP contribution is 2.30. The number of carbonyl (C=O) groups is 2. The van der Waals surface area contributed by atoms with Crippen LogP contribution in [0.4, 0.5) is 9.59 Å². The number of rotatable bonds is 6. The lowest BCUT2D eigenvalue weighted by atomic mass is 9.86. The number of ether oxygens (including phenoxy) is 2. The Kier molecular flexibility index (Phi) is 9.38. The zero-order valence-corrected chi connectivity index (χ0v) is 26.4. The maximum atomic E-state index is 12.6. The van der Waals surface area contributed by atoms with Crippen molar-refractivity contribution in [2.75, 3.05) is 0 Å². The van der Waals surface area contributed by atoms with Crippen molar-refractivity contribution in [2.24, 2.45) is 0 Å². The number of aromatic nitrogens is 1. The number of alkyl carbamates (subject to hydrolysis) is 2. The molecule has 0 aliphatic rings. The average molecular weight is 563 g/mol. The van der Waals surface area contributed by atoms with Gasteiger partial charge in [-0.3, -0.25) is 20.9 Å². The molecule has 3 N–H and O–H groups in total. The van der Waals surface area contributed by atoms with E-state index in [1.54, 1.807) is 41.5 Å². The molecule has 8 nitrogen and oxygen atoms in total. The van der Waals surface area contributed by atoms with E-state index in [0.717, 1.165) is 33.3 Å². The molecule has 222 valence electrons. The fraction of sp³-hybridized carbons (Fsp3) is 0.485. The third-order valence-corrected chi connectivity index (χ3v) is 6.34. The molecule has 0 aliphatic carbocycles. The topological polar surface area (TPSA) is 102 Å².